The second-order valence-electron chi connectivity index (χ2n) is 5.59. The van der Waals surface area contributed by atoms with Crippen molar-refractivity contribution in [1.82, 2.24) is 0 Å². The summed E-state index contributed by atoms with van der Waals surface area (Å²) in [5.41, 5.74) is 8.59. The fourth-order valence-corrected chi connectivity index (χ4v) is 2.36. The molecule has 0 saturated heterocycles. The highest BCUT2D eigenvalue weighted by atomic mass is 127. The minimum atomic E-state index is -0.0867. The summed E-state index contributed by atoms with van der Waals surface area (Å²) in [4.78, 5) is 15.3. The highest BCUT2D eigenvalue weighted by Gasteiger charge is 2.05. The number of halogens is 1. The van der Waals surface area contributed by atoms with Crippen LogP contribution in [0.4, 0.5) is 11.4 Å². The fourth-order valence-electron chi connectivity index (χ4n) is 2.36. The molecule has 8 heteroatoms. The van der Waals surface area contributed by atoms with Gasteiger partial charge >= 0.3 is 0 Å². The van der Waals surface area contributed by atoms with Crippen LogP contribution in [0.2, 0.25) is 0 Å². The molecule has 146 valence electrons. The third-order valence-electron chi connectivity index (χ3n) is 3.61. The summed E-state index contributed by atoms with van der Waals surface area (Å²) in [7, 11) is 3.17. The molecule has 0 aromatic heterocycles. The minimum Gasteiger partial charge on any atom is -0.493 e. The number of hydrogen-bond acceptors (Lipinski definition) is 4. The fraction of sp³-hybridized carbons (Fsp3) is 0.263. The zero-order valence-electron chi connectivity index (χ0n) is 15.6. The number of amides is 1. The maximum Gasteiger partial charge on any atom is 0.221 e. The Kier molecular flexibility index (Phi) is 9.41. The third-order valence-corrected chi connectivity index (χ3v) is 3.61. The molecule has 0 fully saturated rings. The molecule has 2 aromatic carbocycles. The lowest BCUT2D eigenvalue weighted by atomic mass is 10.1. The molecule has 0 aliphatic carbocycles. The summed E-state index contributed by atoms with van der Waals surface area (Å²) in [6.07, 6.45) is 0.745. The van der Waals surface area contributed by atoms with Crippen LogP contribution in [-0.4, -0.2) is 32.6 Å². The number of nitrogens with one attached hydrogen (secondary N) is 2. The first-order valence-electron chi connectivity index (χ1n) is 8.17. The maximum absolute atomic E-state index is 11.0. The van der Waals surface area contributed by atoms with Gasteiger partial charge < -0.3 is 25.8 Å². The molecular weight excluding hydrogens is 459 g/mol. The van der Waals surface area contributed by atoms with E-state index in [2.05, 4.69) is 15.6 Å². The summed E-state index contributed by atoms with van der Waals surface area (Å²) >= 11 is 0. The number of nitrogens with zero attached hydrogens (tertiary/aromatic N) is 1. The lowest BCUT2D eigenvalue weighted by Gasteiger charge is -2.11. The predicted octanol–water partition coefficient (Wildman–Crippen LogP) is 3.25. The number of guanidine groups is 1. The van der Waals surface area contributed by atoms with Crippen molar-refractivity contribution in [2.24, 2.45) is 10.7 Å². The van der Waals surface area contributed by atoms with Crippen LogP contribution >= 0.6 is 24.0 Å². The Balaban J connectivity index is 0.00000364. The number of methoxy groups -OCH3 is 2. The number of hydrogen-bond donors (Lipinski definition) is 3. The molecule has 27 heavy (non-hydrogen) atoms. The molecule has 7 nitrogen and oxygen atoms in total. The van der Waals surface area contributed by atoms with E-state index in [-0.39, 0.29) is 29.9 Å². The second kappa shape index (κ2) is 11.3. The molecule has 0 radical (unpaired) electrons. The second-order valence-corrected chi connectivity index (χ2v) is 5.59. The summed E-state index contributed by atoms with van der Waals surface area (Å²) in [6, 6.07) is 13.1. The van der Waals surface area contributed by atoms with Crippen molar-refractivity contribution in [3.05, 3.63) is 48.0 Å². The van der Waals surface area contributed by atoms with Gasteiger partial charge in [0.05, 0.1) is 14.2 Å². The van der Waals surface area contributed by atoms with E-state index in [1.165, 1.54) is 6.92 Å². The van der Waals surface area contributed by atoms with Crippen molar-refractivity contribution in [2.45, 2.75) is 13.3 Å². The first kappa shape index (κ1) is 22.6. The van der Waals surface area contributed by atoms with Gasteiger partial charge in [0.25, 0.3) is 0 Å². The van der Waals surface area contributed by atoms with Crippen LogP contribution in [0.25, 0.3) is 0 Å². The standard InChI is InChI=1S/C19H24N4O3.HI/c1-13(24)22-15-6-4-14(5-7-15)10-11-21-19(20)23-16-8-9-17(25-2)18(12-16)26-3;/h4-9,12H,10-11H2,1-3H3,(H,22,24)(H3,20,21,23);1H. The quantitative estimate of drug-likeness (QED) is 0.319. The lowest BCUT2D eigenvalue weighted by Crippen LogP contribution is -2.23. The highest BCUT2D eigenvalue weighted by Crippen LogP contribution is 2.29. The monoisotopic (exact) mass is 484 g/mol. The van der Waals surface area contributed by atoms with Gasteiger partial charge in [0, 0.05) is 30.9 Å². The van der Waals surface area contributed by atoms with Crippen LogP contribution in [0.1, 0.15) is 12.5 Å². The Labute approximate surface area is 176 Å². The van der Waals surface area contributed by atoms with Gasteiger partial charge in [0.15, 0.2) is 17.5 Å². The lowest BCUT2D eigenvalue weighted by molar-refractivity contribution is -0.114. The Hall–Kier alpha value is -2.49. The number of ether oxygens (including phenoxy) is 2. The molecule has 1 amide bonds. The van der Waals surface area contributed by atoms with E-state index in [1.807, 2.05) is 30.3 Å². The molecule has 0 bridgehead atoms. The van der Waals surface area contributed by atoms with E-state index in [0.29, 0.717) is 24.0 Å². The van der Waals surface area contributed by atoms with Crippen LogP contribution in [0.3, 0.4) is 0 Å². The van der Waals surface area contributed by atoms with E-state index < -0.39 is 0 Å². The van der Waals surface area contributed by atoms with Crippen molar-refractivity contribution < 1.29 is 14.3 Å². The third kappa shape index (κ3) is 7.33. The van der Waals surface area contributed by atoms with E-state index in [1.54, 1.807) is 26.4 Å². The van der Waals surface area contributed by atoms with Crippen LogP contribution in [0, 0.1) is 0 Å². The van der Waals surface area contributed by atoms with Crippen molar-refractivity contribution in [3.63, 3.8) is 0 Å². The van der Waals surface area contributed by atoms with Gasteiger partial charge in [-0.05, 0) is 36.2 Å². The zero-order chi connectivity index (χ0) is 18.9. The maximum atomic E-state index is 11.0. The van der Waals surface area contributed by atoms with Crippen molar-refractivity contribution >= 4 is 47.2 Å². The van der Waals surface area contributed by atoms with Gasteiger partial charge in [-0.15, -0.1) is 24.0 Å². The summed E-state index contributed by atoms with van der Waals surface area (Å²) < 4.78 is 10.5. The Morgan fingerprint density at radius 1 is 1.00 bits per heavy atom. The molecule has 2 rings (SSSR count). The topological polar surface area (TPSA) is 98.0 Å². The first-order valence-corrected chi connectivity index (χ1v) is 8.17. The Morgan fingerprint density at radius 3 is 2.22 bits per heavy atom. The van der Waals surface area contributed by atoms with Crippen LogP contribution in [0.15, 0.2) is 47.5 Å². The molecule has 0 saturated carbocycles. The number of carbonyl (C=O) groups is 1. The first-order chi connectivity index (χ1) is 12.5. The molecule has 0 unspecified atom stereocenters. The van der Waals surface area contributed by atoms with Gasteiger partial charge in [-0.2, -0.15) is 0 Å². The van der Waals surface area contributed by atoms with Crippen molar-refractivity contribution in [2.75, 3.05) is 31.4 Å². The van der Waals surface area contributed by atoms with E-state index >= 15 is 0 Å². The molecule has 0 heterocycles. The number of nitrogens with two attached hydrogens (primary N) is 1. The van der Waals surface area contributed by atoms with Gasteiger partial charge in [-0.25, -0.2) is 0 Å². The molecule has 0 aliphatic rings. The van der Waals surface area contributed by atoms with Crippen molar-refractivity contribution in [3.8, 4) is 11.5 Å². The van der Waals surface area contributed by atoms with Gasteiger partial charge in [-0.3, -0.25) is 9.79 Å². The Morgan fingerprint density at radius 2 is 1.63 bits per heavy atom. The summed E-state index contributed by atoms with van der Waals surface area (Å²) in [5, 5.41) is 5.77. The van der Waals surface area contributed by atoms with Gasteiger partial charge in [0.1, 0.15) is 0 Å². The van der Waals surface area contributed by atoms with Crippen LogP contribution in [0.5, 0.6) is 11.5 Å². The molecule has 0 spiro atoms. The van der Waals surface area contributed by atoms with Crippen LogP contribution < -0.4 is 25.8 Å². The van der Waals surface area contributed by atoms with E-state index in [4.69, 9.17) is 15.2 Å². The average molecular weight is 484 g/mol. The summed E-state index contributed by atoms with van der Waals surface area (Å²) in [5.74, 6) is 1.50. The molecule has 0 aliphatic heterocycles. The SMILES string of the molecule is COc1ccc(NC(N)=NCCc2ccc(NC(C)=O)cc2)cc1OC.I. The zero-order valence-corrected chi connectivity index (χ0v) is 17.9. The number of carbonyl (C=O) groups excluding carboxylic acids is 1. The van der Waals surface area contributed by atoms with E-state index in [9.17, 15) is 4.79 Å². The minimum absolute atomic E-state index is 0. The summed E-state index contributed by atoms with van der Waals surface area (Å²) in [6.45, 7) is 2.03. The number of rotatable bonds is 7. The normalized spacial score (nSPS) is 10.6. The molecule has 0 atom stereocenters. The largest absolute Gasteiger partial charge is 0.493 e. The molecular formula is C19H25IN4O3. The van der Waals surface area contributed by atoms with Crippen LogP contribution in [-0.2, 0) is 11.2 Å². The average Bonchev–Trinajstić information content (AvgIpc) is 2.62. The van der Waals surface area contributed by atoms with Crippen molar-refractivity contribution in [1.29, 1.82) is 0 Å². The molecule has 4 N–H and O–H groups in total. The highest BCUT2D eigenvalue weighted by molar-refractivity contribution is 14.0. The van der Waals surface area contributed by atoms with E-state index in [0.717, 1.165) is 23.4 Å². The van der Waals surface area contributed by atoms with Gasteiger partial charge in [0.2, 0.25) is 5.91 Å². The van der Waals surface area contributed by atoms with Gasteiger partial charge in [-0.1, -0.05) is 12.1 Å². The Bertz CT molecular complexity index is 779. The smallest absolute Gasteiger partial charge is 0.221 e. The molecule has 2 aromatic rings. The number of anilines is 2. The number of aliphatic imine (C=N–C) groups is 1. The number of benzene rings is 2. The predicted molar refractivity (Wildman–Crippen MR) is 120 cm³/mol.